The molecule has 1 aromatic heterocycles. The van der Waals surface area contributed by atoms with E-state index in [1.54, 1.807) is 18.4 Å². The van der Waals surface area contributed by atoms with Gasteiger partial charge in [0.25, 0.3) is 0 Å². The van der Waals surface area contributed by atoms with E-state index in [0.29, 0.717) is 37.6 Å². The molecular weight excluding hydrogens is 313 g/mol. The predicted octanol–water partition coefficient (Wildman–Crippen LogP) is 1.52. The highest BCUT2D eigenvalue weighted by atomic mass is 19.1. The van der Waals surface area contributed by atoms with Crippen LogP contribution < -0.4 is 10.6 Å². The summed E-state index contributed by atoms with van der Waals surface area (Å²) in [6, 6.07) is 5.62. The van der Waals surface area contributed by atoms with Gasteiger partial charge >= 0.3 is 0 Å². The van der Waals surface area contributed by atoms with Crippen LogP contribution in [0.25, 0.3) is 11.5 Å². The van der Waals surface area contributed by atoms with Crippen LogP contribution in [0.1, 0.15) is 12.6 Å². The van der Waals surface area contributed by atoms with Gasteiger partial charge in [0.1, 0.15) is 18.1 Å². The SMILES string of the molecule is C[C@H]1OCCN[C@@H]1C(=O)NCCc1coc(-c2ccc(F)cc2)n1. The van der Waals surface area contributed by atoms with Gasteiger partial charge in [-0.05, 0) is 31.2 Å². The van der Waals surface area contributed by atoms with Gasteiger partial charge in [-0.25, -0.2) is 9.37 Å². The van der Waals surface area contributed by atoms with E-state index in [0.717, 1.165) is 5.69 Å². The first kappa shape index (κ1) is 16.6. The lowest BCUT2D eigenvalue weighted by Crippen LogP contribution is -2.55. The van der Waals surface area contributed by atoms with Gasteiger partial charge < -0.3 is 19.8 Å². The highest BCUT2D eigenvalue weighted by molar-refractivity contribution is 5.82. The number of morpholine rings is 1. The molecule has 2 atom stereocenters. The quantitative estimate of drug-likeness (QED) is 0.867. The van der Waals surface area contributed by atoms with Crippen molar-refractivity contribution in [3.05, 3.63) is 42.0 Å². The second-order valence-corrected chi connectivity index (χ2v) is 5.70. The molecule has 128 valence electrons. The van der Waals surface area contributed by atoms with Crippen LogP contribution in [0.4, 0.5) is 4.39 Å². The van der Waals surface area contributed by atoms with E-state index < -0.39 is 0 Å². The maximum absolute atomic E-state index is 12.9. The van der Waals surface area contributed by atoms with Crippen molar-refractivity contribution in [1.82, 2.24) is 15.6 Å². The maximum Gasteiger partial charge on any atom is 0.239 e. The molecule has 7 heteroatoms. The van der Waals surface area contributed by atoms with Crippen molar-refractivity contribution in [2.75, 3.05) is 19.7 Å². The van der Waals surface area contributed by atoms with Crippen LogP contribution in [0.5, 0.6) is 0 Å². The van der Waals surface area contributed by atoms with Gasteiger partial charge in [-0.1, -0.05) is 0 Å². The van der Waals surface area contributed by atoms with Gasteiger partial charge in [0.15, 0.2) is 0 Å². The Hall–Kier alpha value is -2.25. The number of nitrogens with zero attached hydrogens (tertiary/aromatic N) is 1. The zero-order valence-corrected chi connectivity index (χ0v) is 13.4. The number of hydrogen-bond acceptors (Lipinski definition) is 5. The number of hydrogen-bond donors (Lipinski definition) is 2. The van der Waals surface area contributed by atoms with E-state index in [-0.39, 0.29) is 23.9 Å². The van der Waals surface area contributed by atoms with Crippen LogP contribution in [-0.4, -0.2) is 42.7 Å². The molecule has 24 heavy (non-hydrogen) atoms. The molecule has 0 bridgehead atoms. The standard InChI is InChI=1S/C17H20FN3O3/c1-11-15(19-8-9-23-11)16(22)20-7-6-14-10-24-17(21-14)12-2-4-13(18)5-3-12/h2-5,10-11,15,19H,6-9H2,1H3,(H,20,22)/t11-,15+/m1/s1. The van der Waals surface area contributed by atoms with Crippen LogP contribution in [0, 0.1) is 5.82 Å². The average Bonchev–Trinajstić information content (AvgIpc) is 3.04. The number of ether oxygens (including phenoxy) is 1. The smallest absolute Gasteiger partial charge is 0.239 e. The summed E-state index contributed by atoms with van der Waals surface area (Å²) in [7, 11) is 0. The molecule has 6 nitrogen and oxygen atoms in total. The van der Waals surface area contributed by atoms with E-state index >= 15 is 0 Å². The number of amides is 1. The Morgan fingerprint density at radius 1 is 1.42 bits per heavy atom. The predicted molar refractivity (Wildman–Crippen MR) is 85.8 cm³/mol. The lowest BCUT2D eigenvalue weighted by molar-refractivity contribution is -0.128. The third-order valence-corrected chi connectivity index (χ3v) is 3.92. The van der Waals surface area contributed by atoms with Crippen LogP contribution in [-0.2, 0) is 16.0 Å². The molecule has 0 aliphatic carbocycles. The molecule has 1 amide bonds. The van der Waals surface area contributed by atoms with E-state index in [2.05, 4.69) is 15.6 Å². The molecule has 2 N–H and O–H groups in total. The number of oxazole rings is 1. The summed E-state index contributed by atoms with van der Waals surface area (Å²) in [4.78, 5) is 16.5. The molecule has 0 radical (unpaired) electrons. The monoisotopic (exact) mass is 333 g/mol. The summed E-state index contributed by atoms with van der Waals surface area (Å²) >= 11 is 0. The third-order valence-electron chi connectivity index (χ3n) is 3.92. The Kier molecular flexibility index (Phi) is 5.22. The molecule has 1 fully saturated rings. The van der Waals surface area contributed by atoms with E-state index in [1.165, 1.54) is 12.1 Å². The number of halogens is 1. The maximum atomic E-state index is 12.9. The minimum Gasteiger partial charge on any atom is -0.444 e. The van der Waals surface area contributed by atoms with Gasteiger partial charge in [-0.2, -0.15) is 0 Å². The Morgan fingerprint density at radius 3 is 2.96 bits per heavy atom. The molecule has 0 spiro atoms. The Balaban J connectivity index is 1.50. The van der Waals surface area contributed by atoms with Crippen molar-refractivity contribution in [1.29, 1.82) is 0 Å². The van der Waals surface area contributed by atoms with Crippen molar-refractivity contribution in [2.24, 2.45) is 0 Å². The lowest BCUT2D eigenvalue weighted by Gasteiger charge is -2.29. The summed E-state index contributed by atoms with van der Waals surface area (Å²) in [6.45, 7) is 3.63. The third kappa shape index (κ3) is 3.98. The van der Waals surface area contributed by atoms with Gasteiger partial charge in [-0.3, -0.25) is 4.79 Å². The van der Waals surface area contributed by atoms with Gasteiger partial charge in [0.05, 0.1) is 18.4 Å². The zero-order chi connectivity index (χ0) is 16.9. The molecule has 2 aromatic rings. The highest BCUT2D eigenvalue weighted by Crippen LogP contribution is 2.19. The van der Waals surface area contributed by atoms with Crippen LogP contribution in [0.15, 0.2) is 34.9 Å². The summed E-state index contributed by atoms with van der Waals surface area (Å²) in [5.74, 6) is 0.0551. The van der Waals surface area contributed by atoms with Gasteiger partial charge in [0.2, 0.25) is 11.8 Å². The minimum atomic E-state index is -0.328. The fraction of sp³-hybridized carbons (Fsp3) is 0.412. The second kappa shape index (κ2) is 7.55. The first-order valence-corrected chi connectivity index (χ1v) is 7.96. The number of carbonyl (C=O) groups is 1. The Bertz CT molecular complexity index is 687. The molecule has 2 heterocycles. The minimum absolute atomic E-state index is 0.0792. The fourth-order valence-electron chi connectivity index (χ4n) is 2.60. The molecule has 1 aromatic carbocycles. The Morgan fingerprint density at radius 2 is 2.21 bits per heavy atom. The average molecular weight is 333 g/mol. The summed E-state index contributed by atoms with van der Waals surface area (Å²) in [5, 5.41) is 6.02. The van der Waals surface area contributed by atoms with E-state index in [9.17, 15) is 9.18 Å². The number of aromatic nitrogens is 1. The first-order chi connectivity index (χ1) is 11.6. The van der Waals surface area contributed by atoms with Crippen LogP contribution in [0.2, 0.25) is 0 Å². The molecule has 1 aliphatic heterocycles. The van der Waals surface area contributed by atoms with Crippen LogP contribution >= 0.6 is 0 Å². The molecule has 0 unspecified atom stereocenters. The van der Waals surface area contributed by atoms with E-state index in [1.807, 2.05) is 6.92 Å². The van der Waals surface area contributed by atoms with Crippen molar-refractivity contribution in [3.8, 4) is 11.5 Å². The summed E-state index contributed by atoms with van der Waals surface area (Å²) < 4.78 is 23.8. The number of nitrogens with one attached hydrogen (secondary N) is 2. The van der Waals surface area contributed by atoms with Crippen molar-refractivity contribution >= 4 is 5.91 Å². The van der Waals surface area contributed by atoms with E-state index in [4.69, 9.17) is 9.15 Å². The normalized spacial score (nSPS) is 20.8. The lowest BCUT2D eigenvalue weighted by atomic mass is 10.1. The summed E-state index contributed by atoms with van der Waals surface area (Å²) in [5.41, 5.74) is 1.44. The number of rotatable bonds is 5. The topological polar surface area (TPSA) is 76.4 Å². The Labute approximate surface area is 139 Å². The van der Waals surface area contributed by atoms with Crippen molar-refractivity contribution in [2.45, 2.75) is 25.5 Å². The van der Waals surface area contributed by atoms with Crippen LogP contribution in [0.3, 0.4) is 0 Å². The highest BCUT2D eigenvalue weighted by Gasteiger charge is 2.27. The van der Waals surface area contributed by atoms with Gasteiger partial charge in [-0.15, -0.1) is 0 Å². The van der Waals surface area contributed by atoms with Crippen molar-refractivity contribution < 1.29 is 18.3 Å². The molecule has 3 rings (SSSR count). The second-order valence-electron chi connectivity index (χ2n) is 5.70. The first-order valence-electron chi connectivity index (χ1n) is 7.96. The fourth-order valence-corrected chi connectivity index (χ4v) is 2.60. The number of carbonyl (C=O) groups excluding carboxylic acids is 1. The molecule has 0 saturated carbocycles. The van der Waals surface area contributed by atoms with Gasteiger partial charge in [0, 0.05) is 25.1 Å². The molecular formula is C17H20FN3O3. The summed E-state index contributed by atoms with van der Waals surface area (Å²) in [6.07, 6.45) is 1.96. The largest absolute Gasteiger partial charge is 0.444 e. The van der Waals surface area contributed by atoms with Crippen molar-refractivity contribution in [3.63, 3.8) is 0 Å². The molecule has 1 saturated heterocycles. The molecule has 1 aliphatic rings. The zero-order valence-electron chi connectivity index (χ0n) is 13.4. The number of benzene rings is 1.